The average molecular weight is 364 g/mol. The van der Waals surface area contributed by atoms with Gasteiger partial charge in [0.1, 0.15) is 11.5 Å². The number of benzene rings is 2. The first kappa shape index (κ1) is 18.2. The second-order valence-corrected chi connectivity index (χ2v) is 5.86. The molecule has 0 aliphatic carbocycles. The van der Waals surface area contributed by atoms with Gasteiger partial charge < -0.3 is 20.5 Å². The molecule has 3 rings (SSSR count). The van der Waals surface area contributed by atoms with Crippen molar-refractivity contribution in [3.63, 3.8) is 0 Å². The molecular weight excluding hydrogens is 344 g/mol. The predicted molar refractivity (Wildman–Crippen MR) is 104 cm³/mol. The summed E-state index contributed by atoms with van der Waals surface area (Å²) in [6.45, 7) is 1.90. The zero-order valence-electron chi connectivity index (χ0n) is 15.3. The SMILES string of the molecule is COc1cccc(Nc2ncc(C)c(-c3ccc(OC)c(C(N)=O)c3)n2)c1. The maximum atomic E-state index is 11.7. The molecular formula is C20H20N4O3. The van der Waals surface area contributed by atoms with Crippen LogP contribution < -0.4 is 20.5 Å². The van der Waals surface area contributed by atoms with E-state index in [-0.39, 0.29) is 0 Å². The van der Waals surface area contributed by atoms with Crippen LogP contribution in [0, 0.1) is 6.92 Å². The standard InChI is InChI=1S/C20H20N4O3/c1-12-11-22-20(23-14-5-4-6-15(10-14)26-2)24-18(12)13-7-8-17(27-3)16(9-13)19(21)25/h4-11H,1-3H3,(H2,21,25)(H,22,23,24). The van der Waals surface area contributed by atoms with Gasteiger partial charge in [-0.1, -0.05) is 6.07 Å². The number of nitrogens with zero attached hydrogens (tertiary/aromatic N) is 2. The summed E-state index contributed by atoms with van der Waals surface area (Å²) in [7, 11) is 3.10. The van der Waals surface area contributed by atoms with E-state index in [0.29, 0.717) is 23.0 Å². The Morgan fingerprint density at radius 1 is 1.11 bits per heavy atom. The number of hydrogen-bond acceptors (Lipinski definition) is 6. The zero-order valence-corrected chi connectivity index (χ0v) is 15.3. The smallest absolute Gasteiger partial charge is 0.252 e. The van der Waals surface area contributed by atoms with E-state index in [0.717, 1.165) is 22.6 Å². The molecule has 0 fully saturated rings. The van der Waals surface area contributed by atoms with Crippen LogP contribution >= 0.6 is 0 Å². The minimum absolute atomic E-state index is 0.301. The van der Waals surface area contributed by atoms with Gasteiger partial charge in [-0.05, 0) is 42.8 Å². The lowest BCUT2D eigenvalue weighted by Gasteiger charge is -2.12. The molecule has 0 spiro atoms. The van der Waals surface area contributed by atoms with Crippen molar-refractivity contribution in [1.29, 1.82) is 0 Å². The molecule has 0 saturated heterocycles. The molecule has 0 atom stereocenters. The fraction of sp³-hybridized carbons (Fsp3) is 0.150. The van der Waals surface area contributed by atoms with Crippen molar-refractivity contribution in [2.45, 2.75) is 6.92 Å². The van der Waals surface area contributed by atoms with E-state index >= 15 is 0 Å². The number of nitrogens with two attached hydrogens (primary N) is 1. The van der Waals surface area contributed by atoms with Gasteiger partial charge in [0.25, 0.3) is 5.91 Å². The topological polar surface area (TPSA) is 99.4 Å². The predicted octanol–water partition coefficient (Wildman–Crippen LogP) is 3.31. The highest BCUT2D eigenvalue weighted by atomic mass is 16.5. The summed E-state index contributed by atoms with van der Waals surface area (Å²) in [6, 6.07) is 12.7. The van der Waals surface area contributed by atoms with Crippen molar-refractivity contribution in [2.24, 2.45) is 5.73 Å². The maximum absolute atomic E-state index is 11.7. The molecule has 0 bridgehead atoms. The highest BCUT2D eigenvalue weighted by Gasteiger charge is 2.14. The number of hydrogen-bond donors (Lipinski definition) is 2. The molecule has 2 aromatic carbocycles. The maximum Gasteiger partial charge on any atom is 0.252 e. The molecule has 1 amide bonds. The van der Waals surface area contributed by atoms with Crippen LogP contribution in [0.25, 0.3) is 11.3 Å². The van der Waals surface area contributed by atoms with Crippen LogP contribution in [0.15, 0.2) is 48.7 Å². The molecule has 138 valence electrons. The number of nitrogens with one attached hydrogen (secondary N) is 1. The van der Waals surface area contributed by atoms with E-state index in [2.05, 4.69) is 15.3 Å². The molecule has 0 radical (unpaired) electrons. The van der Waals surface area contributed by atoms with Gasteiger partial charge in [0, 0.05) is 23.5 Å². The van der Waals surface area contributed by atoms with Gasteiger partial charge in [-0.3, -0.25) is 4.79 Å². The summed E-state index contributed by atoms with van der Waals surface area (Å²) in [5, 5.41) is 3.16. The third-order valence-electron chi connectivity index (χ3n) is 4.04. The average Bonchev–Trinajstić information content (AvgIpc) is 2.69. The first-order valence-electron chi connectivity index (χ1n) is 8.24. The second kappa shape index (κ2) is 7.74. The van der Waals surface area contributed by atoms with Crippen LogP contribution in [-0.4, -0.2) is 30.1 Å². The van der Waals surface area contributed by atoms with E-state index in [9.17, 15) is 4.79 Å². The van der Waals surface area contributed by atoms with Crippen LogP contribution in [0.1, 0.15) is 15.9 Å². The second-order valence-electron chi connectivity index (χ2n) is 5.86. The lowest BCUT2D eigenvalue weighted by molar-refractivity contribution is 0.0997. The Hall–Kier alpha value is -3.61. The van der Waals surface area contributed by atoms with Crippen molar-refractivity contribution in [3.8, 4) is 22.8 Å². The number of rotatable bonds is 6. The molecule has 3 aromatic rings. The Morgan fingerprint density at radius 2 is 1.93 bits per heavy atom. The van der Waals surface area contributed by atoms with Gasteiger partial charge in [0.2, 0.25) is 5.95 Å². The fourth-order valence-corrected chi connectivity index (χ4v) is 2.67. The van der Waals surface area contributed by atoms with Gasteiger partial charge in [-0.15, -0.1) is 0 Å². The number of aryl methyl sites for hydroxylation is 1. The Labute approximate surface area is 157 Å². The first-order chi connectivity index (χ1) is 13.0. The first-order valence-corrected chi connectivity index (χ1v) is 8.24. The summed E-state index contributed by atoms with van der Waals surface area (Å²) in [5.74, 6) is 1.02. The zero-order chi connectivity index (χ0) is 19.4. The molecule has 1 aromatic heterocycles. The lowest BCUT2D eigenvalue weighted by Crippen LogP contribution is -2.12. The van der Waals surface area contributed by atoms with Crippen molar-refractivity contribution < 1.29 is 14.3 Å². The molecule has 0 aliphatic heterocycles. The van der Waals surface area contributed by atoms with Gasteiger partial charge >= 0.3 is 0 Å². The highest BCUT2D eigenvalue weighted by molar-refractivity contribution is 5.97. The molecule has 3 N–H and O–H groups in total. The van der Waals surface area contributed by atoms with Crippen LogP contribution in [0.4, 0.5) is 11.6 Å². The Bertz CT molecular complexity index is 989. The van der Waals surface area contributed by atoms with Crippen LogP contribution in [0.2, 0.25) is 0 Å². The van der Waals surface area contributed by atoms with Crippen molar-refractivity contribution in [3.05, 3.63) is 59.8 Å². The third-order valence-corrected chi connectivity index (χ3v) is 4.04. The minimum Gasteiger partial charge on any atom is -0.497 e. The van der Waals surface area contributed by atoms with E-state index in [1.54, 1.807) is 25.4 Å². The largest absolute Gasteiger partial charge is 0.497 e. The molecule has 7 nitrogen and oxygen atoms in total. The summed E-state index contributed by atoms with van der Waals surface area (Å²) < 4.78 is 10.4. The molecule has 7 heteroatoms. The number of methoxy groups -OCH3 is 2. The summed E-state index contributed by atoms with van der Waals surface area (Å²) >= 11 is 0. The van der Waals surface area contributed by atoms with Gasteiger partial charge in [0.15, 0.2) is 0 Å². The fourth-order valence-electron chi connectivity index (χ4n) is 2.67. The van der Waals surface area contributed by atoms with E-state index in [1.165, 1.54) is 7.11 Å². The number of carbonyl (C=O) groups excluding carboxylic acids is 1. The quantitative estimate of drug-likeness (QED) is 0.696. The molecule has 0 unspecified atom stereocenters. The van der Waals surface area contributed by atoms with Gasteiger partial charge in [0.05, 0.1) is 25.5 Å². The number of anilines is 2. The Balaban J connectivity index is 1.98. The molecule has 0 saturated carbocycles. The van der Waals surface area contributed by atoms with Crippen molar-refractivity contribution in [2.75, 3.05) is 19.5 Å². The Kier molecular flexibility index (Phi) is 5.21. The van der Waals surface area contributed by atoms with E-state index in [1.807, 2.05) is 37.3 Å². The van der Waals surface area contributed by atoms with E-state index in [4.69, 9.17) is 15.2 Å². The summed E-state index contributed by atoms with van der Waals surface area (Å²) in [6.07, 6.45) is 1.72. The van der Waals surface area contributed by atoms with Crippen molar-refractivity contribution in [1.82, 2.24) is 9.97 Å². The molecule has 27 heavy (non-hydrogen) atoms. The minimum atomic E-state index is -0.560. The molecule has 1 heterocycles. The number of amides is 1. The third kappa shape index (κ3) is 3.98. The summed E-state index contributed by atoms with van der Waals surface area (Å²) in [5.41, 5.74) is 8.87. The molecule has 0 aliphatic rings. The van der Waals surface area contributed by atoms with Crippen LogP contribution in [-0.2, 0) is 0 Å². The van der Waals surface area contributed by atoms with Crippen molar-refractivity contribution >= 4 is 17.5 Å². The summed E-state index contributed by atoms with van der Waals surface area (Å²) in [4.78, 5) is 20.6. The number of ether oxygens (including phenoxy) is 2. The van der Waals surface area contributed by atoms with Crippen LogP contribution in [0.5, 0.6) is 11.5 Å². The highest BCUT2D eigenvalue weighted by Crippen LogP contribution is 2.28. The number of aromatic nitrogens is 2. The lowest BCUT2D eigenvalue weighted by atomic mass is 10.0. The van der Waals surface area contributed by atoms with Gasteiger partial charge in [-0.2, -0.15) is 0 Å². The number of primary amides is 1. The number of carbonyl (C=O) groups is 1. The normalized spacial score (nSPS) is 10.3. The Morgan fingerprint density at radius 3 is 2.63 bits per heavy atom. The monoisotopic (exact) mass is 364 g/mol. The van der Waals surface area contributed by atoms with Gasteiger partial charge in [-0.25, -0.2) is 9.97 Å². The van der Waals surface area contributed by atoms with E-state index < -0.39 is 5.91 Å². The van der Waals surface area contributed by atoms with Crippen LogP contribution in [0.3, 0.4) is 0 Å².